The SMILES string of the molecule is CCN(CC)S(=O)(=O)c1ccc(CCC(=O)NC(C)c2ccc(C)o2)cc1. The Labute approximate surface area is 161 Å². The van der Waals surface area contributed by atoms with E-state index in [-0.39, 0.29) is 16.8 Å². The van der Waals surface area contributed by atoms with Crippen LogP contribution in [0.25, 0.3) is 0 Å². The van der Waals surface area contributed by atoms with Gasteiger partial charge in [-0.15, -0.1) is 0 Å². The second-order valence-corrected chi connectivity index (χ2v) is 8.41. The first kappa shape index (κ1) is 21.2. The minimum atomic E-state index is -3.45. The highest BCUT2D eigenvalue weighted by Crippen LogP contribution is 2.18. The maximum Gasteiger partial charge on any atom is 0.243 e. The summed E-state index contributed by atoms with van der Waals surface area (Å²) in [5.74, 6) is 1.47. The van der Waals surface area contributed by atoms with E-state index in [1.165, 1.54) is 4.31 Å². The lowest BCUT2D eigenvalue weighted by atomic mass is 10.1. The third-order valence-corrected chi connectivity index (χ3v) is 6.54. The average Bonchev–Trinajstić information content (AvgIpc) is 3.08. The molecular weight excluding hydrogens is 364 g/mol. The second kappa shape index (κ2) is 9.19. The second-order valence-electron chi connectivity index (χ2n) is 6.47. The first-order valence-corrected chi connectivity index (χ1v) is 10.7. The van der Waals surface area contributed by atoms with Gasteiger partial charge in [0.05, 0.1) is 10.9 Å². The van der Waals surface area contributed by atoms with Crippen molar-refractivity contribution in [1.29, 1.82) is 0 Å². The third-order valence-electron chi connectivity index (χ3n) is 4.47. The van der Waals surface area contributed by atoms with Crippen LogP contribution in [-0.4, -0.2) is 31.7 Å². The van der Waals surface area contributed by atoms with Crippen molar-refractivity contribution in [2.75, 3.05) is 13.1 Å². The number of aryl methyl sites for hydroxylation is 2. The Bertz CT molecular complexity index is 852. The molecule has 0 saturated carbocycles. The monoisotopic (exact) mass is 392 g/mol. The molecule has 0 aliphatic heterocycles. The van der Waals surface area contributed by atoms with Crippen LogP contribution in [0.4, 0.5) is 0 Å². The Morgan fingerprint density at radius 3 is 2.26 bits per heavy atom. The topological polar surface area (TPSA) is 79.6 Å². The summed E-state index contributed by atoms with van der Waals surface area (Å²) in [6, 6.07) is 10.3. The summed E-state index contributed by atoms with van der Waals surface area (Å²) >= 11 is 0. The molecule has 1 amide bonds. The van der Waals surface area contributed by atoms with Gasteiger partial charge in [0.15, 0.2) is 0 Å². The van der Waals surface area contributed by atoms with E-state index in [2.05, 4.69) is 5.32 Å². The van der Waals surface area contributed by atoms with Gasteiger partial charge in [-0.25, -0.2) is 8.42 Å². The van der Waals surface area contributed by atoms with Crippen LogP contribution in [0.5, 0.6) is 0 Å². The van der Waals surface area contributed by atoms with Gasteiger partial charge in [-0.1, -0.05) is 26.0 Å². The first-order valence-electron chi connectivity index (χ1n) is 9.22. The van der Waals surface area contributed by atoms with E-state index in [4.69, 9.17) is 4.42 Å². The molecule has 0 saturated heterocycles. The van der Waals surface area contributed by atoms with Crippen molar-refractivity contribution in [2.45, 2.75) is 51.5 Å². The molecule has 1 aromatic carbocycles. The van der Waals surface area contributed by atoms with Crippen molar-refractivity contribution in [3.8, 4) is 0 Å². The van der Waals surface area contributed by atoms with Crippen molar-refractivity contribution in [2.24, 2.45) is 0 Å². The number of nitrogens with zero attached hydrogens (tertiary/aromatic N) is 1. The van der Waals surface area contributed by atoms with Gasteiger partial charge < -0.3 is 9.73 Å². The van der Waals surface area contributed by atoms with Crippen molar-refractivity contribution in [3.63, 3.8) is 0 Å². The number of carbonyl (C=O) groups is 1. The molecule has 7 heteroatoms. The van der Waals surface area contributed by atoms with Crippen LogP contribution in [0.1, 0.15) is 50.3 Å². The molecule has 0 fully saturated rings. The Morgan fingerprint density at radius 2 is 1.74 bits per heavy atom. The fourth-order valence-corrected chi connectivity index (χ4v) is 4.33. The molecule has 27 heavy (non-hydrogen) atoms. The van der Waals surface area contributed by atoms with Crippen LogP contribution in [0.3, 0.4) is 0 Å². The number of hydrogen-bond acceptors (Lipinski definition) is 4. The Balaban J connectivity index is 1.92. The highest BCUT2D eigenvalue weighted by atomic mass is 32.2. The maximum absolute atomic E-state index is 12.5. The van der Waals surface area contributed by atoms with Crippen LogP contribution in [0, 0.1) is 6.92 Å². The van der Waals surface area contributed by atoms with Gasteiger partial charge in [0.25, 0.3) is 0 Å². The van der Waals surface area contributed by atoms with E-state index in [0.717, 1.165) is 17.1 Å². The Kier molecular flexibility index (Phi) is 7.21. The summed E-state index contributed by atoms with van der Waals surface area (Å²) < 4.78 is 31.9. The van der Waals surface area contributed by atoms with E-state index in [1.807, 2.05) is 39.8 Å². The molecule has 2 rings (SSSR count). The average molecular weight is 393 g/mol. The van der Waals surface area contributed by atoms with Crippen molar-refractivity contribution in [3.05, 3.63) is 53.5 Å². The van der Waals surface area contributed by atoms with Gasteiger partial charge in [-0.3, -0.25) is 4.79 Å². The van der Waals surface area contributed by atoms with Gasteiger partial charge in [0.2, 0.25) is 15.9 Å². The lowest BCUT2D eigenvalue weighted by Gasteiger charge is -2.18. The van der Waals surface area contributed by atoms with Crippen LogP contribution in [0.2, 0.25) is 0 Å². The van der Waals surface area contributed by atoms with Crippen LogP contribution < -0.4 is 5.32 Å². The van der Waals surface area contributed by atoms with Crippen molar-refractivity contribution >= 4 is 15.9 Å². The van der Waals surface area contributed by atoms with E-state index in [9.17, 15) is 13.2 Å². The summed E-state index contributed by atoms with van der Waals surface area (Å²) in [5, 5.41) is 2.91. The zero-order chi connectivity index (χ0) is 20.0. The minimum absolute atomic E-state index is 0.0728. The molecule has 1 atom stereocenters. The van der Waals surface area contributed by atoms with E-state index in [1.54, 1.807) is 24.3 Å². The van der Waals surface area contributed by atoms with E-state index in [0.29, 0.717) is 25.9 Å². The summed E-state index contributed by atoms with van der Waals surface area (Å²) in [6.07, 6.45) is 0.869. The molecule has 0 aliphatic carbocycles. The number of sulfonamides is 1. The largest absolute Gasteiger partial charge is 0.464 e. The maximum atomic E-state index is 12.5. The standard InChI is InChI=1S/C20H28N2O4S/c1-5-22(6-2)27(24,25)18-11-8-17(9-12-18)10-14-20(23)21-16(4)19-13-7-15(3)26-19/h7-9,11-13,16H,5-6,10,14H2,1-4H3,(H,21,23). The van der Waals surface area contributed by atoms with E-state index >= 15 is 0 Å². The minimum Gasteiger partial charge on any atom is -0.464 e. The lowest BCUT2D eigenvalue weighted by molar-refractivity contribution is -0.121. The van der Waals surface area contributed by atoms with Crippen LogP contribution in [0.15, 0.2) is 45.7 Å². The highest BCUT2D eigenvalue weighted by molar-refractivity contribution is 7.89. The molecule has 0 bridgehead atoms. The summed E-state index contributed by atoms with van der Waals surface area (Å²) in [4.78, 5) is 12.4. The number of carbonyl (C=O) groups excluding carboxylic acids is 1. The van der Waals surface area contributed by atoms with Gasteiger partial charge >= 0.3 is 0 Å². The van der Waals surface area contributed by atoms with Gasteiger partial charge in [-0.2, -0.15) is 4.31 Å². The predicted octanol–water partition coefficient (Wildman–Crippen LogP) is 3.43. The number of rotatable bonds is 9. The Morgan fingerprint density at radius 1 is 1.11 bits per heavy atom. The zero-order valence-corrected chi connectivity index (χ0v) is 17.2. The zero-order valence-electron chi connectivity index (χ0n) is 16.4. The smallest absolute Gasteiger partial charge is 0.243 e. The number of benzene rings is 1. The van der Waals surface area contributed by atoms with Gasteiger partial charge in [0.1, 0.15) is 11.5 Å². The molecule has 2 aromatic rings. The number of nitrogens with one attached hydrogen (secondary N) is 1. The predicted molar refractivity (Wildman–Crippen MR) is 105 cm³/mol. The first-order chi connectivity index (χ1) is 12.8. The Hall–Kier alpha value is -2.12. The number of amides is 1. The highest BCUT2D eigenvalue weighted by Gasteiger charge is 2.21. The summed E-state index contributed by atoms with van der Waals surface area (Å²) in [7, 11) is -3.45. The molecule has 1 heterocycles. The summed E-state index contributed by atoms with van der Waals surface area (Å²) in [6.45, 7) is 8.26. The quantitative estimate of drug-likeness (QED) is 0.709. The molecule has 1 unspecified atom stereocenters. The number of hydrogen-bond donors (Lipinski definition) is 1. The van der Waals surface area contributed by atoms with Crippen LogP contribution in [-0.2, 0) is 21.2 Å². The third kappa shape index (κ3) is 5.43. The molecule has 1 N–H and O–H groups in total. The fraction of sp³-hybridized carbons (Fsp3) is 0.450. The normalized spacial score (nSPS) is 12.9. The fourth-order valence-electron chi connectivity index (χ4n) is 2.87. The molecule has 0 aliphatic rings. The lowest BCUT2D eigenvalue weighted by Crippen LogP contribution is -2.30. The molecule has 0 radical (unpaired) electrons. The molecule has 1 aromatic heterocycles. The summed E-state index contributed by atoms with van der Waals surface area (Å²) in [5.41, 5.74) is 0.921. The van der Waals surface area contributed by atoms with Gasteiger partial charge in [0, 0.05) is 19.5 Å². The number of furan rings is 1. The molecule has 6 nitrogen and oxygen atoms in total. The van der Waals surface area contributed by atoms with E-state index < -0.39 is 10.0 Å². The van der Waals surface area contributed by atoms with Crippen molar-refractivity contribution < 1.29 is 17.6 Å². The molecule has 148 valence electrons. The van der Waals surface area contributed by atoms with Gasteiger partial charge in [-0.05, 0) is 50.1 Å². The molecule has 0 spiro atoms. The van der Waals surface area contributed by atoms with Crippen LogP contribution >= 0.6 is 0 Å². The van der Waals surface area contributed by atoms with Crippen molar-refractivity contribution in [1.82, 2.24) is 9.62 Å². The molecular formula is C20H28N2O4S.